The van der Waals surface area contributed by atoms with Gasteiger partial charge in [0.2, 0.25) is 0 Å². The largest absolute Gasteiger partial charge is 0.207 e. The number of hydrogen-bond acceptors (Lipinski definition) is 1. The van der Waals surface area contributed by atoms with Gasteiger partial charge in [0.05, 0.1) is 8.61 Å². The van der Waals surface area contributed by atoms with Gasteiger partial charge >= 0.3 is 0 Å². The first-order valence-corrected chi connectivity index (χ1v) is 7.31. The monoisotopic (exact) mass is 362 g/mol. The summed E-state index contributed by atoms with van der Waals surface area (Å²) < 4.78 is 14.3. The fraction of sp³-hybridized carbons (Fsp3) is 0.167. The summed E-state index contributed by atoms with van der Waals surface area (Å²) >= 11 is 8.71. The van der Waals surface area contributed by atoms with E-state index in [1.807, 2.05) is 12.1 Å². The molecule has 0 aliphatic rings. The maximum atomic E-state index is 13.1. The Bertz CT molecular complexity index is 507. The molecule has 1 aromatic carbocycles. The molecule has 2 aromatic rings. The molecule has 0 spiro atoms. The van der Waals surface area contributed by atoms with E-state index < -0.39 is 0 Å². The van der Waals surface area contributed by atoms with Gasteiger partial charge in [0.15, 0.2) is 0 Å². The second-order valence-electron chi connectivity index (χ2n) is 3.56. The van der Waals surface area contributed by atoms with Crippen LogP contribution in [0.1, 0.15) is 21.5 Å². The molecule has 1 atom stereocenters. The Balaban J connectivity index is 2.33. The van der Waals surface area contributed by atoms with Gasteiger partial charge in [-0.3, -0.25) is 0 Å². The molecular weight excluding hydrogens is 355 g/mol. The van der Waals surface area contributed by atoms with Crippen molar-refractivity contribution in [3.05, 3.63) is 55.9 Å². The second kappa shape index (κ2) is 4.98. The average Bonchev–Trinajstić information content (AvgIpc) is 2.68. The first kappa shape index (κ1) is 12.3. The lowest BCUT2D eigenvalue weighted by atomic mass is 10.1. The number of hydrogen-bond donors (Lipinski definition) is 0. The topological polar surface area (TPSA) is 0 Å². The van der Waals surface area contributed by atoms with Gasteiger partial charge in [0.25, 0.3) is 0 Å². The minimum Gasteiger partial charge on any atom is -0.207 e. The quantitative estimate of drug-likeness (QED) is 0.623. The summed E-state index contributed by atoms with van der Waals surface area (Å²) in [5.74, 6) is -0.157. The predicted molar refractivity (Wildman–Crippen MR) is 73.9 cm³/mol. The molecule has 0 fully saturated rings. The highest BCUT2D eigenvalue weighted by Crippen LogP contribution is 2.35. The Morgan fingerprint density at radius 3 is 2.56 bits per heavy atom. The van der Waals surface area contributed by atoms with E-state index in [2.05, 4.69) is 43.3 Å². The highest BCUT2D eigenvalue weighted by Gasteiger charge is 2.12. The van der Waals surface area contributed by atoms with Crippen molar-refractivity contribution in [3.63, 3.8) is 0 Å². The van der Waals surface area contributed by atoms with Crippen LogP contribution in [0.15, 0.2) is 33.4 Å². The van der Waals surface area contributed by atoms with Crippen molar-refractivity contribution in [2.75, 3.05) is 0 Å². The number of halogens is 3. The first-order valence-electron chi connectivity index (χ1n) is 4.72. The van der Waals surface area contributed by atoms with E-state index in [4.69, 9.17) is 0 Å². The van der Waals surface area contributed by atoms with Crippen molar-refractivity contribution in [2.45, 2.75) is 11.8 Å². The van der Waals surface area contributed by atoms with Crippen LogP contribution < -0.4 is 0 Å². The molecule has 2 rings (SSSR count). The number of thiophene rings is 1. The van der Waals surface area contributed by atoms with E-state index >= 15 is 0 Å². The molecule has 0 saturated carbocycles. The summed E-state index contributed by atoms with van der Waals surface area (Å²) in [5, 5.41) is 2.09. The Hall–Kier alpha value is -0.190. The van der Waals surface area contributed by atoms with Crippen LogP contribution in [0.2, 0.25) is 0 Å². The maximum Gasteiger partial charge on any atom is 0.126 e. The first-order chi connectivity index (χ1) is 7.58. The lowest BCUT2D eigenvalue weighted by Crippen LogP contribution is -1.93. The molecule has 4 heteroatoms. The standard InChI is InChI=1S/C12H9Br2FS/c1-7-4-8(2-3-10(7)15)12(14)9-5-11(13)16-6-9/h2-6,12H,1H3. The van der Waals surface area contributed by atoms with E-state index in [0.717, 1.165) is 9.35 Å². The lowest BCUT2D eigenvalue weighted by molar-refractivity contribution is 0.618. The van der Waals surface area contributed by atoms with E-state index in [1.54, 1.807) is 18.3 Å². The molecule has 16 heavy (non-hydrogen) atoms. The van der Waals surface area contributed by atoms with Crippen molar-refractivity contribution in [1.29, 1.82) is 0 Å². The SMILES string of the molecule is Cc1cc(C(Br)c2csc(Br)c2)ccc1F. The van der Waals surface area contributed by atoms with Crippen LogP contribution in [0.5, 0.6) is 0 Å². The van der Waals surface area contributed by atoms with E-state index in [1.165, 1.54) is 11.6 Å². The normalized spacial score (nSPS) is 12.8. The Kier molecular flexibility index (Phi) is 3.82. The zero-order valence-electron chi connectivity index (χ0n) is 8.51. The van der Waals surface area contributed by atoms with Crippen LogP contribution in [0.3, 0.4) is 0 Å². The van der Waals surface area contributed by atoms with Gasteiger partial charge in [-0.25, -0.2) is 4.39 Å². The van der Waals surface area contributed by atoms with Crippen LogP contribution in [0.25, 0.3) is 0 Å². The fourth-order valence-corrected chi connectivity index (χ4v) is 3.40. The number of rotatable bonds is 2. The van der Waals surface area contributed by atoms with Crippen molar-refractivity contribution >= 4 is 43.2 Å². The van der Waals surface area contributed by atoms with E-state index in [-0.39, 0.29) is 10.6 Å². The van der Waals surface area contributed by atoms with Crippen LogP contribution in [-0.4, -0.2) is 0 Å². The molecule has 0 saturated heterocycles. The molecule has 0 radical (unpaired) electrons. The Morgan fingerprint density at radius 1 is 1.25 bits per heavy atom. The van der Waals surface area contributed by atoms with Gasteiger partial charge in [0.1, 0.15) is 5.82 Å². The summed E-state index contributed by atoms with van der Waals surface area (Å²) in [5.41, 5.74) is 2.93. The van der Waals surface area contributed by atoms with Crippen molar-refractivity contribution in [3.8, 4) is 0 Å². The van der Waals surface area contributed by atoms with Crippen LogP contribution in [0, 0.1) is 12.7 Å². The van der Waals surface area contributed by atoms with Crippen molar-refractivity contribution in [1.82, 2.24) is 0 Å². The highest BCUT2D eigenvalue weighted by molar-refractivity contribution is 9.11. The van der Waals surface area contributed by atoms with Crippen LogP contribution >= 0.6 is 43.2 Å². The van der Waals surface area contributed by atoms with E-state index in [0.29, 0.717) is 5.56 Å². The summed E-state index contributed by atoms with van der Waals surface area (Å²) in [6.45, 7) is 1.78. The van der Waals surface area contributed by atoms with E-state index in [9.17, 15) is 4.39 Å². The average molecular weight is 364 g/mol. The second-order valence-corrected chi connectivity index (χ2v) is 6.76. The van der Waals surface area contributed by atoms with Gasteiger partial charge in [-0.2, -0.15) is 0 Å². The summed E-state index contributed by atoms with van der Waals surface area (Å²) in [4.78, 5) is 0.120. The van der Waals surface area contributed by atoms with Crippen LogP contribution in [-0.2, 0) is 0 Å². The van der Waals surface area contributed by atoms with Crippen LogP contribution in [0.4, 0.5) is 4.39 Å². The zero-order chi connectivity index (χ0) is 11.7. The third-order valence-electron chi connectivity index (χ3n) is 2.36. The molecule has 0 nitrogen and oxygen atoms in total. The molecule has 0 bridgehead atoms. The maximum absolute atomic E-state index is 13.1. The summed E-state index contributed by atoms with van der Waals surface area (Å²) in [6, 6.07) is 7.27. The lowest BCUT2D eigenvalue weighted by Gasteiger charge is -2.09. The van der Waals surface area contributed by atoms with Gasteiger partial charge in [-0.05, 0) is 57.1 Å². The fourth-order valence-electron chi connectivity index (χ4n) is 1.47. The van der Waals surface area contributed by atoms with Gasteiger partial charge < -0.3 is 0 Å². The van der Waals surface area contributed by atoms with Gasteiger partial charge in [0, 0.05) is 0 Å². The molecular formula is C12H9Br2FS. The highest BCUT2D eigenvalue weighted by atomic mass is 79.9. The molecule has 0 amide bonds. The van der Waals surface area contributed by atoms with Crippen molar-refractivity contribution < 1.29 is 4.39 Å². The third-order valence-corrected chi connectivity index (χ3v) is 4.94. The summed E-state index contributed by atoms with van der Waals surface area (Å²) in [6.07, 6.45) is 0. The number of alkyl halides is 1. The smallest absolute Gasteiger partial charge is 0.126 e. The molecule has 1 aromatic heterocycles. The Labute approximate surface area is 115 Å². The zero-order valence-corrected chi connectivity index (χ0v) is 12.5. The molecule has 84 valence electrons. The molecule has 1 unspecified atom stereocenters. The predicted octanol–water partition coefficient (Wildman–Crippen LogP) is 5.44. The summed E-state index contributed by atoms with van der Waals surface area (Å²) in [7, 11) is 0. The molecule has 0 aliphatic carbocycles. The third kappa shape index (κ3) is 2.55. The minimum atomic E-state index is -0.157. The minimum absolute atomic E-state index is 0.120. The molecule has 1 heterocycles. The Morgan fingerprint density at radius 2 is 2.00 bits per heavy atom. The van der Waals surface area contributed by atoms with Gasteiger partial charge in [-0.15, -0.1) is 11.3 Å². The molecule has 0 N–H and O–H groups in total. The van der Waals surface area contributed by atoms with Gasteiger partial charge in [-0.1, -0.05) is 28.1 Å². The number of benzene rings is 1. The number of aryl methyl sites for hydroxylation is 1. The molecule has 0 aliphatic heterocycles. The van der Waals surface area contributed by atoms with Crippen molar-refractivity contribution in [2.24, 2.45) is 0 Å².